The Hall–Kier alpha value is -1.62. The molecule has 1 heterocycles. The lowest BCUT2D eigenvalue weighted by atomic mass is 9.96. The number of amides is 1. The van der Waals surface area contributed by atoms with E-state index in [1.165, 1.54) is 6.07 Å². The third kappa shape index (κ3) is 3.23. The van der Waals surface area contributed by atoms with Crippen LogP contribution < -0.4 is 16.0 Å². The molecule has 104 valence electrons. The number of carbonyl (C=O) groups is 1. The Morgan fingerprint density at radius 1 is 1.58 bits per heavy atom. The first-order valence-electron chi connectivity index (χ1n) is 6.59. The van der Waals surface area contributed by atoms with Gasteiger partial charge in [-0.15, -0.1) is 0 Å². The van der Waals surface area contributed by atoms with E-state index >= 15 is 0 Å². The molecule has 1 fully saturated rings. The summed E-state index contributed by atoms with van der Waals surface area (Å²) in [6.45, 7) is 2.11. The van der Waals surface area contributed by atoms with Crippen LogP contribution in [-0.4, -0.2) is 26.0 Å². The van der Waals surface area contributed by atoms with Crippen LogP contribution in [0.15, 0.2) is 18.2 Å². The Morgan fingerprint density at radius 3 is 3.05 bits per heavy atom. The zero-order chi connectivity index (χ0) is 13.8. The number of nitrogens with zero attached hydrogens (tertiary/aromatic N) is 1. The lowest BCUT2D eigenvalue weighted by Gasteiger charge is -2.34. The van der Waals surface area contributed by atoms with Crippen LogP contribution in [0.4, 0.5) is 10.1 Å². The zero-order valence-electron chi connectivity index (χ0n) is 11.2. The molecular weight excluding hydrogens is 245 g/mol. The van der Waals surface area contributed by atoms with Crippen LogP contribution in [0.25, 0.3) is 0 Å². The topological polar surface area (TPSA) is 58.4 Å². The van der Waals surface area contributed by atoms with Crippen molar-refractivity contribution in [2.75, 3.05) is 25.0 Å². The summed E-state index contributed by atoms with van der Waals surface area (Å²) < 4.78 is 13.3. The summed E-state index contributed by atoms with van der Waals surface area (Å²) in [5, 5.41) is 3.04. The third-order valence-electron chi connectivity index (χ3n) is 3.57. The average Bonchev–Trinajstić information content (AvgIpc) is 2.39. The van der Waals surface area contributed by atoms with Crippen molar-refractivity contribution in [3.8, 4) is 0 Å². The Balaban J connectivity index is 2.22. The van der Waals surface area contributed by atoms with Crippen LogP contribution in [0.1, 0.15) is 18.4 Å². The molecule has 3 N–H and O–H groups in total. The molecule has 0 aliphatic carbocycles. The van der Waals surface area contributed by atoms with Crippen molar-refractivity contribution in [3.05, 3.63) is 29.6 Å². The van der Waals surface area contributed by atoms with E-state index in [1.54, 1.807) is 12.1 Å². The van der Waals surface area contributed by atoms with Gasteiger partial charge in [0, 0.05) is 25.3 Å². The molecular formula is C14H20FN3O. The first-order valence-corrected chi connectivity index (χ1v) is 6.59. The van der Waals surface area contributed by atoms with Crippen LogP contribution >= 0.6 is 0 Å². The van der Waals surface area contributed by atoms with E-state index < -0.39 is 0 Å². The molecule has 1 aromatic carbocycles. The molecule has 1 aromatic rings. The fraction of sp³-hybridized carbons (Fsp3) is 0.500. The Bertz CT molecular complexity index is 464. The number of carbonyl (C=O) groups excluding carboxylic acids is 1. The number of nitrogens with two attached hydrogens (primary N) is 1. The summed E-state index contributed by atoms with van der Waals surface area (Å²) in [4.78, 5) is 13.4. The SMILES string of the molecule is CNCc1cc(F)ccc1N1CCCC(C(N)=O)C1. The number of hydrogen-bond acceptors (Lipinski definition) is 3. The monoisotopic (exact) mass is 265 g/mol. The van der Waals surface area contributed by atoms with Crippen molar-refractivity contribution in [1.82, 2.24) is 5.32 Å². The fourth-order valence-electron chi connectivity index (χ4n) is 2.62. The van der Waals surface area contributed by atoms with Gasteiger partial charge in [0.2, 0.25) is 5.91 Å². The summed E-state index contributed by atoms with van der Waals surface area (Å²) in [5.74, 6) is -0.597. The minimum absolute atomic E-state index is 0.110. The molecule has 2 rings (SSSR count). The zero-order valence-corrected chi connectivity index (χ0v) is 11.2. The van der Waals surface area contributed by atoms with E-state index in [4.69, 9.17) is 5.73 Å². The molecule has 1 aliphatic rings. The van der Waals surface area contributed by atoms with Crippen molar-refractivity contribution in [2.24, 2.45) is 11.7 Å². The van der Waals surface area contributed by atoms with E-state index in [0.717, 1.165) is 30.6 Å². The Labute approximate surface area is 112 Å². The van der Waals surface area contributed by atoms with Gasteiger partial charge in [-0.2, -0.15) is 0 Å². The summed E-state index contributed by atoms with van der Waals surface area (Å²) >= 11 is 0. The van der Waals surface area contributed by atoms with Gasteiger partial charge in [-0.3, -0.25) is 4.79 Å². The first kappa shape index (κ1) is 13.8. The minimum atomic E-state index is -0.248. The number of primary amides is 1. The molecule has 0 spiro atoms. The van der Waals surface area contributed by atoms with Gasteiger partial charge in [0.15, 0.2) is 0 Å². The van der Waals surface area contributed by atoms with Crippen molar-refractivity contribution >= 4 is 11.6 Å². The second-order valence-electron chi connectivity index (χ2n) is 4.99. The summed E-state index contributed by atoms with van der Waals surface area (Å²) in [5.41, 5.74) is 7.29. The van der Waals surface area contributed by atoms with E-state index in [1.807, 2.05) is 7.05 Å². The van der Waals surface area contributed by atoms with E-state index in [2.05, 4.69) is 10.2 Å². The summed E-state index contributed by atoms with van der Waals surface area (Å²) in [7, 11) is 1.83. The average molecular weight is 265 g/mol. The number of piperidine rings is 1. The maximum atomic E-state index is 13.3. The number of hydrogen-bond donors (Lipinski definition) is 2. The van der Waals surface area contributed by atoms with Gasteiger partial charge in [-0.1, -0.05) is 0 Å². The third-order valence-corrected chi connectivity index (χ3v) is 3.57. The highest BCUT2D eigenvalue weighted by atomic mass is 19.1. The maximum absolute atomic E-state index is 13.3. The number of anilines is 1. The van der Waals surface area contributed by atoms with Gasteiger partial charge in [-0.05, 0) is 43.7 Å². The number of halogens is 1. The number of rotatable bonds is 4. The molecule has 0 bridgehead atoms. The smallest absolute Gasteiger partial charge is 0.222 e. The standard InChI is InChI=1S/C14H20FN3O/c1-17-8-11-7-12(15)4-5-13(11)18-6-2-3-10(9-18)14(16)19/h4-5,7,10,17H,2-3,6,8-9H2,1H3,(H2,16,19). The second kappa shape index (κ2) is 6.02. The second-order valence-corrected chi connectivity index (χ2v) is 4.99. The lowest BCUT2D eigenvalue weighted by Crippen LogP contribution is -2.41. The van der Waals surface area contributed by atoms with Crippen LogP contribution in [0.5, 0.6) is 0 Å². The lowest BCUT2D eigenvalue weighted by molar-refractivity contribution is -0.122. The van der Waals surface area contributed by atoms with Gasteiger partial charge in [-0.25, -0.2) is 4.39 Å². The van der Waals surface area contributed by atoms with Gasteiger partial charge in [0.25, 0.3) is 0 Å². The summed E-state index contributed by atoms with van der Waals surface area (Å²) in [6.07, 6.45) is 1.78. The van der Waals surface area contributed by atoms with Crippen LogP contribution in [0.3, 0.4) is 0 Å². The highest BCUT2D eigenvalue weighted by Crippen LogP contribution is 2.27. The van der Waals surface area contributed by atoms with Gasteiger partial charge in [0.1, 0.15) is 5.82 Å². The quantitative estimate of drug-likeness (QED) is 0.861. The summed E-state index contributed by atoms with van der Waals surface area (Å²) in [6, 6.07) is 4.79. The molecule has 5 heteroatoms. The molecule has 0 radical (unpaired) electrons. The Kier molecular flexibility index (Phi) is 4.37. The minimum Gasteiger partial charge on any atom is -0.370 e. The molecule has 1 aliphatic heterocycles. The predicted molar refractivity (Wildman–Crippen MR) is 73.3 cm³/mol. The van der Waals surface area contributed by atoms with Crippen molar-refractivity contribution in [3.63, 3.8) is 0 Å². The normalized spacial score (nSPS) is 19.5. The number of benzene rings is 1. The fourth-order valence-corrected chi connectivity index (χ4v) is 2.62. The Morgan fingerprint density at radius 2 is 2.37 bits per heavy atom. The highest BCUT2D eigenvalue weighted by molar-refractivity contribution is 5.77. The van der Waals surface area contributed by atoms with Crippen molar-refractivity contribution in [1.29, 1.82) is 0 Å². The van der Waals surface area contributed by atoms with Gasteiger partial charge in [0.05, 0.1) is 5.92 Å². The molecule has 1 unspecified atom stereocenters. The number of nitrogens with one attached hydrogen (secondary N) is 1. The molecule has 1 amide bonds. The van der Waals surface area contributed by atoms with Crippen molar-refractivity contribution < 1.29 is 9.18 Å². The molecule has 1 atom stereocenters. The maximum Gasteiger partial charge on any atom is 0.222 e. The van der Waals surface area contributed by atoms with E-state index in [0.29, 0.717) is 13.1 Å². The van der Waals surface area contributed by atoms with Gasteiger partial charge >= 0.3 is 0 Å². The van der Waals surface area contributed by atoms with Crippen LogP contribution in [0, 0.1) is 11.7 Å². The van der Waals surface area contributed by atoms with Crippen molar-refractivity contribution in [2.45, 2.75) is 19.4 Å². The molecule has 19 heavy (non-hydrogen) atoms. The largest absolute Gasteiger partial charge is 0.370 e. The molecule has 0 saturated carbocycles. The van der Waals surface area contributed by atoms with Gasteiger partial charge < -0.3 is 16.0 Å². The highest BCUT2D eigenvalue weighted by Gasteiger charge is 2.25. The van der Waals surface area contributed by atoms with Crippen LogP contribution in [0.2, 0.25) is 0 Å². The predicted octanol–water partition coefficient (Wildman–Crippen LogP) is 1.25. The molecule has 0 aromatic heterocycles. The first-order chi connectivity index (χ1) is 9.11. The molecule has 1 saturated heterocycles. The van der Waals surface area contributed by atoms with E-state index in [-0.39, 0.29) is 17.6 Å². The molecule has 4 nitrogen and oxygen atoms in total. The van der Waals surface area contributed by atoms with E-state index in [9.17, 15) is 9.18 Å². The van der Waals surface area contributed by atoms with Crippen LogP contribution in [-0.2, 0) is 11.3 Å².